The van der Waals surface area contributed by atoms with Crippen molar-refractivity contribution >= 4 is 33.7 Å². The van der Waals surface area contributed by atoms with Gasteiger partial charge in [0, 0.05) is 41.7 Å². The van der Waals surface area contributed by atoms with Crippen LogP contribution in [0.4, 0.5) is 0 Å². The molecule has 0 aliphatic heterocycles. The van der Waals surface area contributed by atoms with Gasteiger partial charge in [0.2, 0.25) is 0 Å². The van der Waals surface area contributed by atoms with Crippen LogP contribution in [0.5, 0.6) is 0 Å². The van der Waals surface area contributed by atoms with E-state index in [2.05, 4.69) is 10.9 Å². The Morgan fingerprint density at radius 2 is 1.69 bits per heavy atom. The number of amides is 2. The van der Waals surface area contributed by atoms with Gasteiger partial charge in [0.1, 0.15) is 5.58 Å². The minimum Gasteiger partial charge on any atom is -0.450 e. The molecule has 0 bridgehead atoms. The lowest BCUT2D eigenvalue weighted by Gasteiger charge is -2.07. The van der Waals surface area contributed by atoms with Gasteiger partial charge in [-0.25, -0.2) is 0 Å². The first-order valence-corrected chi connectivity index (χ1v) is 9.33. The number of nitrogens with one attached hydrogen (secondary N) is 2. The fraction of sp³-hybridized carbons (Fsp3) is 0.182. The zero-order chi connectivity index (χ0) is 20.4. The molecule has 0 fully saturated rings. The van der Waals surface area contributed by atoms with Crippen molar-refractivity contribution in [1.82, 2.24) is 15.4 Å². The van der Waals surface area contributed by atoms with E-state index in [1.165, 1.54) is 0 Å². The molecule has 4 rings (SSSR count). The van der Waals surface area contributed by atoms with Crippen molar-refractivity contribution in [2.45, 2.75) is 13.5 Å². The van der Waals surface area contributed by atoms with E-state index in [1.807, 2.05) is 61.0 Å². The van der Waals surface area contributed by atoms with Gasteiger partial charge < -0.3 is 13.7 Å². The molecule has 0 spiro atoms. The van der Waals surface area contributed by atoms with Crippen LogP contribution in [0.25, 0.3) is 21.9 Å². The van der Waals surface area contributed by atoms with Crippen LogP contribution in [0.3, 0.4) is 0 Å². The Kier molecular flexibility index (Phi) is 5.05. The summed E-state index contributed by atoms with van der Waals surface area (Å²) in [6.07, 6.45) is 1.73. The van der Waals surface area contributed by atoms with Crippen LogP contribution in [0.2, 0.25) is 0 Å². The Morgan fingerprint density at radius 3 is 2.48 bits per heavy atom. The Balaban J connectivity index is 1.56. The number of para-hydroxylation sites is 2. The van der Waals surface area contributed by atoms with Gasteiger partial charge in [-0.1, -0.05) is 36.4 Å². The van der Waals surface area contributed by atoms with E-state index in [0.717, 1.165) is 16.3 Å². The maximum atomic E-state index is 12.7. The Hall–Kier alpha value is -3.58. The van der Waals surface area contributed by atoms with Crippen molar-refractivity contribution in [3.8, 4) is 0 Å². The third-order valence-corrected chi connectivity index (χ3v) is 4.79. The summed E-state index contributed by atoms with van der Waals surface area (Å²) in [5, 5.41) is 1.62. The number of ether oxygens (including phenoxy) is 1. The van der Waals surface area contributed by atoms with E-state index in [-0.39, 0.29) is 12.4 Å². The van der Waals surface area contributed by atoms with Gasteiger partial charge in [-0.2, -0.15) is 0 Å². The van der Waals surface area contributed by atoms with E-state index in [0.29, 0.717) is 23.3 Å². The summed E-state index contributed by atoms with van der Waals surface area (Å²) in [5.41, 5.74) is 7.58. The molecule has 0 atom stereocenters. The Bertz CT molecular complexity index is 1210. The molecule has 0 aliphatic carbocycles. The smallest absolute Gasteiger partial charge is 0.305 e. The minimum atomic E-state index is -0.538. The van der Waals surface area contributed by atoms with Gasteiger partial charge in [-0.05, 0) is 19.1 Å². The quantitative estimate of drug-likeness (QED) is 0.510. The molecule has 0 saturated carbocycles. The number of carbonyl (C=O) groups is 2. The Morgan fingerprint density at radius 1 is 1.00 bits per heavy atom. The van der Waals surface area contributed by atoms with Crippen molar-refractivity contribution < 1.29 is 18.7 Å². The first-order valence-electron chi connectivity index (χ1n) is 9.33. The normalized spacial score (nSPS) is 11.1. The Labute approximate surface area is 167 Å². The van der Waals surface area contributed by atoms with Crippen molar-refractivity contribution in [2.24, 2.45) is 7.05 Å². The molecular weight excluding hydrogens is 370 g/mol. The SMILES string of the molecule is CCOCc1c(C(=O)NNC(=O)c2cn(C)c3ccccc23)oc2ccccc12. The summed E-state index contributed by atoms with van der Waals surface area (Å²) in [6.45, 7) is 2.64. The van der Waals surface area contributed by atoms with Gasteiger partial charge in [0.05, 0.1) is 12.2 Å². The van der Waals surface area contributed by atoms with Crippen LogP contribution in [-0.2, 0) is 18.4 Å². The van der Waals surface area contributed by atoms with E-state index < -0.39 is 11.8 Å². The molecule has 0 radical (unpaired) electrons. The molecule has 4 aromatic rings. The second-order valence-electron chi connectivity index (χ2n) is 6.62. The van der Waals surface area contributed by atoms with E-state index >= 15 is 0 Å². The number of benzene rings is 2. The summed E-state index contributed by atoms with van der Waals surface area (Å²) in [5.74, 6) is -0.819. The summed E-state index contributed by atoms with van der Waals surface area (Å²) in [4.78, 5) is 25.4. The third kappa shape index (κ3) is 3.48. The van der Waals surface area contributed by atoms with Crippen molar-refractivity contribution in [1.29, 1.82) is 0 Å². The number of carbonyl (C=O) groups excluding carboxylic acids is 2. The number of hydrogen-bond acceptors (Lipinski definition) is 4. The maximum absolute atomic E-state index is 12.7. The molecule has 2 aromatic carbocycles. The number of hydrazine groups is 1. The lowest BCUT2D eigenvalue weighted by Crippen LogP contribution is -2.41. The molecule has 2 amide bonds. The first-order chi connectivity index (χ1) is 14.1. The average molecular weight is 391 g/mol. The number of fused-ring (bicyclic) bond motifs is 2. The minimum absolute atomic E-state index is 0.123. The molecule has 0 unspecified atom stereocenters. The van der Waals surface area contributed by atoms with Crippen LogP contribution >= 0.6 is 0 Å². The maximum Gasteiger partial charge on any atom is 0.305 e. The highest BCUT2D eigenvalue weighted by Gasteiger charge is 2.22. The number of aryl methyl sites for hydroxylation is 1. The standard InChI is InChI=1S/C22H21N3O4/c1-3-28-13-17-15-9-5-7-11-19(15)29-20(17)22(27)24-23-21(26)16-12-25(2)18-10-6-4-8-14(16)18/h4-12H,3,13H2,1-2H3,(H,23,26)(H,24,27). The highest BCUT2D eigenvalue weighted by atomic mass is 16.5. The van der Waals surface area contributed by atoms with Crippen LogP contribution in [-0.4, -0.2) is 23.0 Å². The summed E-state index contributed by atoms with van der Waals surface area (Å²) >= 11 is 0. The van der Waals surface area contributed by atoms with Gasteiger partial charge in [0.15, 0.2) is 5.76 Å². The molecule has 2 N–H and O–H groups in total. The van der Waals surface area contributed by atoms with Crippen LogP contribution in [0, 0.1) is 0 Å². The molecule has 2 heterocycles. The van der Waals surface area contributed by atoms with Crippen LogP contribution in [0.1, 0.15) is 33.4 Å². The molecule has 0 aliphatic rings. The number of hydrogen-bond donors (Lipinski definition) is 2. The van der Waals surface area contributed by atoms with Gasteiger partial charge in [0.25, 0.3) is 5.91 Å². The molecule has 29 heavy (non-hydrogen) atoms. The molecule has 7 heteroatoms. The van der Waals surface area contributed by atoms with Crippen molar-refractivity contribution in [3.63, 3.8) is 0 Å². The lowest BCUT2D eigenvalue weighted by molar-refractivity contribution is 0.0826. The predicted molar refractivity (Wildman–Crippen MR) is 109 cm³/mol. The van der Waals surface area contributed by atoms with Crippen molar-refractivity contribution in [3.05, 3.63) is 71.6 Å². The van der Waals surface area contributed by atoms with Crippen LogP contribution in [0.15, 0.2) is 59.1 Å². The monoisotopic (exact) mass is 391 g/mol. The molecule has 0 saturated heterocycles. The number of nitrogens with zero attached hydrogens (tertiary/aromatic N) is 1. The fourth-order valence-corrected chi connectivity index (χ4v) is 3.39. The summed E-state index contributed by atoms with van der Waals surface area (Å²) < 4.78 is 13.1. The molecule has 2 aromatic heterocycles. The fourth-order valence-electron chi connectivity index (χ4n) is 3.39. The highest BCUT2D eigenvalue weighted by Crippen LogP contribution is 2.26. The second kappa shape index (κ2) is 7.81. The predicted octanol–water partition coefficient (Wildman–Crippen LogP) is 3.54. The zero-order valence-corrected chi connectivity index (χ0v) is 16.2. The van der Waals surface area contributed by atoms with E-state index in [4.69, 9.17) is 9.15 Å². The molecular formula is C22H21N3O4. The van der Waals surface area contributed by atoms with E-state index in [9.17, 15) is 9.59 Å². The lowest BCUT2D eigenvalue weighted by atomic mass is 10.1. The second-order valence-corrected chi connectivity index (χ2v) is 6.62. The number of furan rings is 1. The van der Waals surface area contributed by atoms with Crippen LogP contribution < -0.4 is 10.9 Å². The molecule has 7 nitrogen and oxygen atoms in total. The van der Waals surface area contributed by atoms with Crippen molar-refractivity contribution in [2.75, 3.05) is 6.61 Å². The molecule has 148 valence electrons. The van der Waals surface area contributed by atoms with Gasteiger partial charge >= 0.3 is 5.91 Å². The van der Waals surface area contributed by atoms with E-state index in [1.54, 1.807) is 12.3 Å². The topological polar surface area (TPSA) is 85.5 Å². The largest absolute Gasteiger partial charge is 0.450 e. The van der Waals surface area contributed by atoms with Gasteiger partial charge in [-0.3, -0.25) is 20.4 Å². The third-order valence-electron chi connectivity index (χ3n) is 4.79. The number of rotatable bonds is 5. The summed E-state index contributed by atoms with van der Waals surface area (Å²) in [6, 6.07) is 14.9. The summed E-state index contributed by atoms with van der Waals surface area (Å²) in [7, 11) is 1.87. The zero-order valence-electron chi connectivity index (χ0n) is 16.2. The van der Waals surface area contributed by atoms with Gasteiger partial charge in [-0.15, -0.1) is 0 Å². The highest BCUT2D eigenvalue weighted by molar-refractivity contribution is 6.08. The number of aromatic nitrogens is 1. The average Bonchev–Trinajstić information content (AvgIpc) is 3.28. The first kappa shape index (κ1) is 18.8.